The molecule has 0 saturated heterocycles. The lowest BCUT2D eigenvalue weighted by Gasteiger charge is -2.11. The fourth-order valence-electron chi connectivity index (χ4n) is 2.99. The Morgan fingerprint density at radius 3 is 2.15 bits per heavy atom. The zero-order chi connectivity index (χ0) is 18.6. The Labute approximate surface area is 158 Å². The molecular weight excluding hydrogens is 334 g/mol. The van der Waals surface area contributed by atoms with E-state index in [1.165, 1.54) is 0 Å². The zero-order valence-electron chi connectivity index (χ0n) is 15.4. The third-order valence-corrected chi connectivity index (χ3v) is 4.25. The molecule has 27 heavy (non-hydrogen) atoms. The second kappa shape index (κ2) is 7.46. The number of aromatic nitrogens is 2. The molecule has 0 saturated carbocycles. The summed E-state index contributed by atoms with van der Waals surface area (Å²) in [6.45, 7) is 4.06. The van der Waals surface area contributed by atoms with Gasteiger partial charge in [-0.25, -0.2) is 9.97 Å². The molecule has 1 heterocycles. The van der Waals surface area contributed by atoms with Crippen LogP contribution in [0.25, 0.3) is 22.0 Å². The van der Waals surface area contributed by atoms with Gasteiger partial charge in [-0.2, -0.15) is 0 Å². The van der Waals surface area contributed by atoms with Crippen molar-refractivity contribution >= 4 is 22.4 Å². The average molecular weight is 355 g/mol. The number of ether oxygens (including phenoxy) is 1. The van der Waals surface area contributed by atoms with Gasteiger partial charge in [-0.3, -0.25) is 0 Å². The van der Waals surface area contributed by atoms with E-state index in [-0.39, 0.29) is 6.10 Å². The van der Waals surface area contributed by atoms with Crippen molar-refractivity contribution in [3.05, 3.63) is 79.1 Å². The molecule has 0 amide bonds. The third kappa shape index (κ3) is 3.90. The van der Waals surface area contributed by atoms with Crippen molar-refractivity contribution in [2.45, 2.75) is 20.0 Å². The van der Waals surface area contributed by atoms with Gasteiger partial charge >= 0.3 is 0 Å². The highest BCUT2D eigenvalue weighted by atomic mass is 16.5. The topological polar surface area (TPSA) is 47.0 Å². The number of anilines is 2. The van der Waals surface area contributed by atoms with Crippen LogP contribution in [-0.2, 0) is 0 Å². The standard InChI is InChI=1S/C23H21N3O/c1-16(2)27-20-13-9-18(10-14-20)17-7-11-19(12-8-17)26-23-21-5-3-4-6-22(21)24-15-25-23/h3-16H,1-2H3,(H,24,25,26). The third-order valence-electron chi connectivity index (χ3n) is 4.25. The minimum absolute atomic E-state index is 0.180. The quantitative estimate of drug-likeness (QED) is 0.489. The molecule has 4 heteroatoms. The molecule has 0 fully saturated rings. The van der Waals surface area contributed by atoms with E-state index in [1.807, 2.05) is 50.2 Å². The van der Waals surface area contributed by atoms with Crippen LogP contribution in [0.5, 0.6) is 5.75 Å². The Balaban J connectivity index is 1.53. The van der Waals surface area contributed by atoms with Gasteiger partial charge in [-0.1, -0.05) is 36.4 Å². The van der Waals surface area contributed by atoms with Crippen molar-refractivity contribution in [1.29, 1.82) is 0 Å². The number of hydrogen-bond donors (Lipinski definition) is 1. The summed E-state index contributed by atoms with van der Waals surface area (Å²) in [5.41, 5.74) is 4.23. The van der Waals surface area contributed by atoms with Crippen LogP contribution in [0.3, 0.4) is 0 Å². The summed E-state index contributed by atoms with van der Waals surface area (Å²) in [6.07, 6.45) is 1.76. The lowest BCUT2D eigenvalue weighted by atomic mass is 10.1. The van der Waals surface area contributed by atoms with Crippen molar-refractivity contribution in [3.8, 4) is 16.9 Å². The van der Waals surface area contributed by atoms with Crippen molar-refractivity contribution in [1.82, 2.24) is 9.97 Å². The Kier molecular flexibility index (Phi) is 4.71. The fraction of sp³-hybridized carbons (Fsp3) is 0.130. The highest BCUT2D eigenvalue weighted by Gasteiger charge is 2.04. The summed E-state index contributed by atoms with van der Waals surface area (Å²) in [5.74, 6) is 1.70. The van der Waals surface area contributed by atoms with E-state index in [4.69, 9.17) is 4.74 Å². The molecule has 0 bridgehead atoms. The van der Waals surface area contributed by atoms with E-state index in [0.29, 0.717) is 0 Å². The number of para-hydroxylation sites is 1. The van der Waals surface area contributed by atoms with Crippen LogP contribution in [0.4, 0.5) is 11.5 Å². The first-order valence-corrected chi connectivity index (χ1v) is 9.03. The minimum atomic E-state index is 0.180. The fourth-order valence-corrected chi connectivity index (χ4v) is 2.99. The Morgan fingerprint density at radius 2 is 1.44 bits per heavy atom. The molecular formula is C23H21N3O. The maximum Gasteiger partial charge on any atom is 0.141 e. The predicted octanol–water partition coefficient (Wildman–Crippen LogP) is 5.83. The van der Waals surface area contributed by atoms with Crippen molar-refractivity contribution < 1.29 is 4.74 Å². The Hall–Kier alpha value is -3.40. The summed E-state index contributed by atoms with van der Waals surface area (Å²) < 4.78 is 5.70. The van der Waals surface area contributed by atoms with Gasteiger partial charge in [0.2, 0.25) is 0 Å². The van der Waals surface area contributed by atoms with Gasteiger partial charge in [-0.05, 0) is 61.4 Å². The highest BCUT2D eigenvalue weighted by molar-refractivity contribution is 5.90. The normalized spacial score (nSPS) is 10.9. The molecule has 4 aromatic rings. The average Bonchev–Trinajstić information content (AvgIpc) is 2.69. The molecule has 0 unspecified atom stereocenters. The number of rotatable bonds is 5. The second-order valence-electron chi connectivity index (χ2n) is 6.63. The van der Waals surface area contributed by atoms with Crippen LogP contribution in [0.2, 0.25) is 0 Å². The van der Waals surface area contributed by atoms with Crippen LogP contribution in [0, 0.1) is 0 Å². The number of fused-ring (bicyclic) bond motifs is 1. The molecule has 1 N–H and O–H groups in total. The molecule has 0 atom stereocenters. The molecule has 1 aromatic heterocycles. The maximum absolute atomic E-state index is 5.70. The van der Waals surface area contributed by atoms with Gasteiger partial charge in [0.1, 0.15) is 17.9 Å². The molecule has 4 rings (SSSR count). The largest absolute Gasteiger partial charge is 0.491 e. The molecule has 0 aliphatic carbocycles. The first-order valence-electron chi connectivity index (χ1n) is 9.03. The van der Waals surface area contributed by atoms with E-state index in [0.717, 1.165) is 39.3 Å². The summed E-state index contributed by atoms with van der Waals surface area (Å²) in [6, 6.07) is 24.5. The van der Waals surface area contributed by atoms with Crippen LogP contribution in [0.1, 0.15) is 13.8 Å². The van der Waals surface area contributed by atoms with E-state index in [1.54, 1.807) is 6.33 Å². The monoisotopic (exact) mass is 355 g/mol. The molecule has 0 aliphatic heterocycles. The predicted molar refractivity (Wildman–Crippen MR) is 110 cm³/mol. The number of benzene rings is 3. The van der Waals surface area contributed by atoms with E-state index in [9.17, 15) is 0 Å². The second-order valence-corrected chi connectivity index (χ2v) is 6.63. The summed E-state index contributed by atoms with van der Waals surface area (Å²) >= 11 is 0. The van der Waals surface area contributed by atoms with Gasteiger partial charge in [0, 0.05) is 11.1 Å². The maximum atomic E-state index is 5.70. The number of nitrogens with one attached hydrogen (secondary N) is 1. The lowest BCUT2D eigenvalue weighted by molar-refractivity contribution is 0.242. The number of hydrogen-bond acceptors (Lipinski definition) is 4. The SMILES string of the molecule is CC(C)Oc1ccc(-c2ccc(Nc3ncnc4ccccc34)cc2)cc1. The van der Waals surface area contributed by atoms with E-state index < -0.39 is 0 Å². The Bertz CT molecular complexity index is 1040. The van der Waals surface area contributed by atoms with Gasteiger partial charge in [0.25, 0.3) is 0 Å². The summed E-state index contributed by atoms with van der Waals surface area (Å²) in [4.78, 5) is 8.68. The summed E-state index contributed by atoms with van der Waals surface area (Å²) in [7, 11) is 0. The molecule has 0 aliphatic rings. The smallest absolute Gasteiger partial charge is 0.141 e. The van der Waals surface area contributed by atoms with Crippen molar-refractivity contribution in [3.63, 3.8) is 0 Å². The van der Waals surface area contributed by atoms with Crippen LogP contribution in [-0.4, -0.2) is 16.1 Å². The lowest BCUT2D eigenvalue weighted by Crippen LogP contribution is -2.05. The van der Waals surface area contributed by atoms with Gasteiger partial charge in [0.05, 0.1) is 11.6 Å². The summed E-state index contributed by atoms with van der Waals surface area (Å²) in [5, 5.41) is 4.39. The molecule has 3 aromatic carbocycles. The van der Waals surface area contributed by atoms with Crippen LogP contribution in [0.15, 0.2) is 79.1 Å². The van der Waals surface area contributed by atoms with E-state index in [2.05, 4.69) is 51.7 Å². The zero-order valence-corrected chi connectivity index (χ0v) is 15.4. The van der Waals surface area contributed by atoms with Gasteiger partial charge in [0.15, 0.2) is 0 Å². The highest BCUT2D eigenvalue weighted by Crippen LogP contribution is 2.27. The molecule has 4 nitrogen and oxygen atoms in total. The van der Waals surface area contributed by atoms with Gasteiger partial charge in [-0.15, -0.1) is 0 Å². The van der Waals surface area contributed by atoms with E-state index >= 15 is 0 Å². The van der Waals surface area contributed by atoms with Gasteiger partial charge < -0.3 is 10.1 Å². The first-order chi connectivity index (χ1) is 13.2. The minimum Gasteiger partial charge on any atom is -0.491 e. The van der Waals surface area contributed by atoms with Crippen molar-refractivity contribution in [2.24, 2.45) is 0 Å². The molecule has 0 spiro atoms. The van der Waals surface area contributed by atoms with Crippen molar-refractivity contribution in [2.75, 3.05) is 5.32 Å². The number of nitrogens with zero attached hydrogens (tertiary/aromatic N) is 2. The van der Waals surface area contributed by atoms with Crippen LogP contribution < -0.4 is 10.1 Å². The Morgan fingerprint density at radius 1 is 0.778 bits per heavy atom. The molecule has 0 radical (unpaired) electrons. The molecule has 134 valence electrons. The first kappa shape index (κ1) is 17.0. The van der Waals surface area contributed by atoms with Crippen LogP contribution >= 0.6 is 0 Å².